The van der Waals surface area contributed by atoms with Crippen LogP contribution in [-0.4, -0.2) is 63.1 Å². The van der Waals surface area contributed by atoms with E-state index in [1.54, 1.807) is 15.8 Å². The summed E-state index contributed by atoms with van der Waals surface area (Å²) in [5, 5.41) is 5.54. The zero-order valence-electron chi connectivity index (χ0n) is 18.7. The average Bonchev–Trinajstić information content (AvgIpc) is 3.24. The van der Waals surface area contributed by atoms with Gasteiger partial charge in [0.25, 0.3) is 0 Å². The molecule has 168 valence electrons. The number of likely N-dealkylation sites (tertiary alicyclic amines) is 1. The molecular weight excluding hydrogens is 402 g/mol. The normalized spacial score (nSPS) is 16.3. The first kappa shape index (κ1) is 22.0. The van der Waals surface area contributed by atoms with Crippen molar-refractivity contribution in [2.45, 2.75) is 38.6 Å². The third kappa shape index (κ3) is 5.72. The van der Waals surface area contributed by atoms with Crippen molar-refractivity contribution in [2.75, 3.05) is 26.7 Å². The highest BCUT2D eigenvalue weighted by Gasteiger charge is 2.25. The number of rotatable bonds is 8. The molecule has 1 fully saturated rings. The van der Waals surface area contributed by atoms with E-state index in [0.29, 0.717) is 18.9 Å². The summed E-state index contributed by atoms with van der Waals surface area (Å²) in [5.41, 5.74) is 1.90. The molecule has 7 nitrogen and oxygen atoms in total. The summed E-state index contributed by atoms with van der Waals surface area (Å²) >= 11 is 0. The van der Waals surface area contributed by atoms with Crippen LogP contribution in [0.25, 0.3) is 10.9 Å². The lowest BCUT2D eigenvalue weighted by molar-refractivity contribution is -0.134. The van der Waals surface area contributed by atoms with Crippen molar-refractivity contribution in [3.63, 3.8) is 0 Å². The second-order valence-electron chi connectivity index (χ2n) is 8.66. The monoisotopic (exact) mass is 433 g/mol. The minimum absolute atomic E-state index is 0.0984. The number of carbonyl (C=O) groups excluding carboxylic acids is 2. The van der Waals surface area contributed by atoms with Gasteiger partial charge in [-0.25, -0.2) is 0 Å². The Morgan fingerprint density at radius 2 is 2.00 bits per heavy atom. The Bertz CT molecular complexity index is 1020. The molecule has 1 aromatic carbocycles. The number of benzene rings is 1. The van der Waals surface area contributed by atoms with Crippen molar-refractivity contribution in [1.82, 2.24) is 24.6 Å². The van der Waals surface area contributed by atoms with Gasteiger partial charge >= 0.3 is 0 Å². The van der Waals surface area contributed by atoms with Gasteiger partial charge in [-0.15, -0.1) is 0 Å². The van der Waals surface area contributed by atoms with E-state index in [4.69, 9.17) is 0 Å². The molecular formula is C25H31N5O2. The zero-order valence-corrected chi connectivity index (χ0v) is 18.7. The number of hydrogen-bond donors (Lipinski definition) is 0. The number of hydrogen-bond acceptors (Lipinski definition) is 4. The van der Waals surface area contributed by atoms with Gasteiger partial charge in [0.1, 0.15) is 6.54 Å². The van der Waals surface area contributed by atoms with E-state index in [2.05, 4.69) is 10.1 Å². The second-order valence-corrected chi connectivity index (χ2v) is 8.66. The van der Waals surface area contributed by atoms with Crippen LogP contribution in [0, 0.1) is 5.92 Å². The maximum absolute atomic E-state index is 12.8. The van der Waals surface area contributed by atoms with Crippen LogP contribution in [0.3, 0.4) is 0 Å². The van der Waals surface area contributed by atoms with Crippen molar-refractivity contribution in [3.8, 4) is 0 Å². The average molecular weight is 434 g/mol. The minimum Gasteiger partial charge on any atom is -0.345 e. The summed E-state index contributed by atoms with van der Waals surface area (Å²) in [6.07, 6.45) is 7.87. The molecule has 1 atom stereocenters. The molecule has 0 saturated carbocycles. The molecule has 2 aromatic heterocycles. The molecule has 7 heteroatoms. The first-order chi connectivity index (χ1) is 15.6. The Morgan fingerprint density at radius 1 is 1.16 bits per heavy atom. The molecule has 3 heterocycles. The highest BCUT2D eigenvalue weighted by atomic mass is 16.2. The van der Waals surface area contributed by atoms with Gasteiger partial charge in [-0.2, -0.15) is 5.10 Å². The fraction of sp³-hybridized carbons (Fsp3) is 0.440. The number of likely N-dealkylation sites (N-methyl/N-ethyl adjacent to an activating group) is 1. The van der Waals surface area contributed by atoms with Crippen LogP contribution < -0.4 is 0 Å². The largest absolute Gasteiger partial charge is 0.345 e. The van der Waals surface area contributed by atoms with Gasteiger partial charge in [0.2, 0.25) is 11.8 Å². The topological polar surface area (TPSA) is 71.3 Å². The fourth-order valence-electron chi connectivity index (χ4n) is 4.33. The van der Waals surface area contributed by atoms with E-state index in [-0.39, 0.29) is 18.4 Å². The fourth-order valence-corrected chi connectivity index (χ4v) is 4.33. The predicted octanol–water partition coefficient (Wildman–Crippen LogP) is 3.15. The van der Waals surface area contributed by atoms with E-state index in [1.165, 1.54) is 0 Å². The number of aromatic nitrogens is 3. The highest BCUT2D eigenvalue weighted by Crippen LogP contribution is 2.22. The Hall–Kier alpha value is -3.22. The van der Waals surface area contributed by atoms with Gasteiger partial charge in [-0.05, 0) is 43.4 Å². The van der Waals surface area contributed by atoms with E-state index >= 15 is 0 Å². The first-order valence-electron chi connectivity index (χ1n) is 11.4. The maximum Gasteiger partial charge on any atom is 0.244 e. The molecule has 4 rings (SSSR count). The van der Waals surface area contributed by atoms with Crippen molar-refractivity contribution in [1.29, 1.82) is 0 Å². The van der Waals surface area contributed by atoms with Crippen molar-refractivity contribution in [3.05, 3.63) is 60.6 Å². The predicted molar refractivity (Wildman–Crippen MR) is 124 cm³/mol. The van der Waals surface area contributed by atoms with Crippen molar-refractivity contribution in [2.24, 2.45) is 5.92 Å². The van der Waals surface area contributed by atoms with Gasteiger partial charge in [-0.3, -0.25) is 19.3 Å². The highest BCUT2D eigenvalue weighted by molar-refractivity contribution is 5.80. The summed E-state index contributed by atoms with van der Waals surface area (Å²) < 4.78 is 1.73. The van der Waals surface area contributed by atoms with E-state index in [9.17, 15) is 9.59 Å². The summed E-state index contributed by atoms with van der Waals surface area (Å²) in [5.74, 6) is 0.631. The number of carbonyl (C=O) groups is 2. The number of amides is 2. The van der Waals surface area contributed by atoms with E-state index in [1.807, 2.05) is 60.6 Å². The van der Waals surface area contributed by atoms with Gasteiger partial charge in [0.15, 0.2) is 0 Å². The Morgan fingerprint density at radius 3 is 2.81 bits per heavy atom. The molecule has 0 unspecified atom stereocenters. The summed E-state index contributed by atoms with van der Waals surface area (Å²) in [6.45, 7) is 2.44. The summed E-state index contributed by atoms with van der Waals surface area (Å²) in [4.78, 5) is 33.5. The third-order valence-electron chi connectivity index (χ3n) is 6.25. The standard InChI is InChI=1S/C25H31N5O2/c1-28(16-13-22-9-4-5-14-26-22)24(31)12-11-20-7-6-15-29(17-20)25(32)19-30-18-21-8-2-3-10-23(21)27-30/h2-5,8-10,14,18,20H,6-7,11-13,15-17,19H2,1H3/t20-/m0/s1. The molecule has 1 saturated heterocycles. The van der Waals surface area contributed by atoms with Crippen LogP contribution in [-0.2, 0) is 22.6 Å². The Kier molecular flexibility index (Phi) is 7.14. The lowest BCUT2D eigenvalue weighted by Crippen LogP contribution is -2.42. The number of piperidine rings is 1. The van der Waals surface area contributed by atoms with E-state index < -0.39 is 0 Å². The van der Waals surface area contributed by atoms with Crippen LogP contribution in [0.4, 0.5) is 0 Å². The van der Waals surface area contributed by atoms with Gasteiger partial charge in [-0.1, -0.05) is 24.3 Å². The summed E-state index contributed by atoms with van der Waals surface area (Å²) in [6, 6.07) is 13.7. The molecule has 1 aliphatic rings. The van der Waals surface area contributed by atoms with Crippen LogP contribution in [0.2, 0.25) is 0 Å². The van der Waals surface area contributed by atoms with Crippen molar-refractivity contribution < 1.29 is 9.59 Å². The number of nitrogens with zero attached hydrogens (tertiary/aromatic N) is 5. The maximum atomic E-state index is 12.8. The molecule has 0 bridgehead atoms. The zero-order chi connectivity index (χ0) is 22.3. The quantitative estimate of drug-likeness (QED) is 0.547. The smallest absolute Gasteiger partial charge is 0.244 e. The molecule has 0 aliphatic carbocycles. The SMILES string of the molecule is CN(CCc1ccccn1)C(=O)CC[C@@H]1CCCN(C(=O)Cn2cc3ccccc3n2)C1. The lowest BCUT2D eigenvalue weighted by Gasteiger charge is -2.33. The van der Waals surface area contributed by atoms with Gasteiger partial charge in [0, 0.05) is 63.0 Å². The molecule has 2 amide bonds. The van der Waals surface area contributed by atoms with Crippen molar-refractivity contribution >= 4 is 22.7 Å². The first-order valence-corrected chi connectivity index (χ1v) is 11.4. The van der Waals surface area contributed by atoms with Gasteiger partial charge in [0.05, 0.1) is 5.52 Å². The lowest BCUT2D eigenvalue weighted by atomic mass is 9.93. The summed E-state index contributed by atoms with van der Waals surface area (Å²) in [7, 11) is 1.86. The van der Waals surface area contributed by atoms with Crippen LogP contribution in [0.15, 0.2) is 54.9 Å². The molecule has 0 N–H and O–H groups in total. The molecule has 3 aromatic rings. The molecule has 0 spiro atoms. The Balaban J connectivity index is 1.22. The molecule has 1 aliphatic heterocycles. The molecule has 32 heavy (non-hydrogen) atoms. The third-order valence-corrected chi connectivity index (χ3v) is 6.25. The number of fused-ring (bicyclic) bond motifs is 1. The van der Waals surface area contributed by atoms with Crippen LogP contribution in [0.1, 0.15) is 31.4 Å². The van der Waals surface area contributed by atoms with Crippen LogP contribution >= 0.6 is 0 Å². The van der Waals surface area contributed by atoms with Crippen LogP contribution in [0.5, 0.6) is 0 Å². The van der Waals surface area contributed by atoms with E-state index in [0.717, 1.165) is 55.4 Å². The minimum atomic E-state index is 0.0984. The van der Waals surface area contributed by atoms with Gasteiger partial charge < -0.3 is 9.80 Å². The Labute approximate surface area is 189 Å². The number of pyridine rings is 1. The molecule has 0 radical (unpaired) electrons. The second kappa shape index (κ2) is 10.4.